The van der Waals surface area contributed by atoms with Crippen molar-refractivity contribution in [2.24, 2.45) is 5.10 Å². The largest absolute Gasteiger partial charge is 0.492 e. The molecule has 2 aromatic carbocycles. The quantitative estimate of drug-likeness (QED) is 0.426. The normalized spacial score (nSPS) is 12.5. The monoisotopic (exact) mass is 423 g/mol. The molecule has 2 N–H and O–H groups in total. The van der Waals surface area contributed by atoms with Crippen LogP contribution in [-0.4, -0.2) is 54.5 Å². The minimum atomic E-state index is 0.0921. The molecule has 1 aliphatic rings. The van der Waals surface area contributed by atoms with Gasteiger partial charge in [-0.2, -0.15) is 5.10 Å². The highest BCUT2D eigenvalue weighted by molar-refractivity contribution is 5.89. The molecule has 31 heavy (non-hydrogen) atoms. The Hall–Kier alpha value is -3.75. The van der Waals surface area contributed by atoms with Crippen molar-refractivity contribution in [1.29, 1.82) is 0 Å². The van der Waals surface area contributed by atoms with E-state index in [9.17, 15) is 4.79 Å². The van der Waals surface area contributed by atoms with E-state index in [1.165, 1.54) is 0 Å². The first-order chi connectivity index (χ1) is 15.1. The summed E-state index contributed by atoms with van der Waals surface area (Å²) in [5.41, 5.74) is 6.40. The third-order valence-corrected chi connectivity index (χ3v) is 5.15. The van der Waals surface area contributed by atoms with Crippen LogP contribution in [0.2, 0.25) is 0 Å². The maximum absolute atomic E-state index is 11.9. The highest BCUT2D eigenvalue weighted by Gasteiger charge is 2.25. The molecule has 9 heteroatoms. The van der Waals surface area contributed by atoms with Crippen molar-refractivity contribution in [2.45, 2.75) is 19.8 Å². The van der Waals surface area contributed by atoms with Gasteiger partial charge in [-0.3, -0.25) is 4.79 Å². The molecule has 2 heterocycles. The molecule has 9 nitrogen and oxygen atoms in total. The SMILES string of the molecule is CCC(=O)N(C)CCc1cc2c(c(OC)c1C=NNc1nc3ccccc3[nH]1)OCO2. The zero-order chi connectivity index (χ0) is 21.8. The first-order valence-electron chi connectivity index (χ1n) is 10.1. The van der Waals surface area contributed by atoms with Crippen LogP contribution < -0.4 is 19.6 Å². The fourth-order valence-electron chi connectivity index (χ4n) is 3.47. The van der Waals surface area contributed by atoms with E-state index in [4.69, 9.17) is 14.2 Å². The number of H-pyrrole nitrogens is 1. The molecule has 0 unspecified atom stereocenters. The Balaban J connectivity index is 1.60. The van der Waals surface area contributed by atoms with E-state index >= 15 is 0 Å². The van der Waals surface area contributed by atoms with Crippen LogP contribution in [0.1, 0.15) is 24.5 Å². The predicted molar refractivity (Wildman–Crippen MR) is 118 cm³/mol. The number of aromatic amines is 1. The number of carbonyl (C=O) groups is 1. The molecule has 1 aliphatic heterocycles. The van der Waals surface area contributed by atoms with Gasteiger partial charge in [0.1, 0.15) is 0 Å². The van der Waals surface area contributed by atoms with Gasteiger partial charge in [-0.15, -0.1) is 0 Å². The van der Waals surface area contributed by atoms with Crippen LogP contribution in [0.4, 0.5) is 5.95 Å². The van der Waals surface area contributed by atoms with Gasteiger partial charge in [0, 0.05) is 25.6 Å². The summed E-state index contributed by atoms with van der Waals surface area (Å²) in [7, 11) is 3.38. The van der Waals surface area contributed by atoms with Gasteiger partial charge < -0.3 is 24.1 Å². The third kappa shape index (κ3) is 4.25. The van der Waals surface area contributed by atoms with E-state index in [2.05, 4.69) is 20.5 Å². The highest BCUT2D eigenvalue weighted by atomic mass is 16.7. The van der Waals surface area contributed by atoms with Crippen molar-refractivity contribution in [3.05, 3.63) is 41.5 Å². The van der Waals surface area contributed by atoms with Crippen molar-refractivity contribution in [1.82, 2.24) is 14.9 Å². The van der Waals surface area contributed by atoms with Gasteiger partial charge in [-0.25, -0.2) is 10.4 Å². The molecular formula is C22H25N5O4. The molecule has 0 atom stereocenters. The summed E-state index contributed by atoms with van der Waals surface area (Å²) in [4.78, 5) is 21.3. The number of likely N-dealkylation sites (N-methyl/N-ethyl adjacent to an activating group) is 1. The molecular weight excluding hydrogens is 398 g/mol. The summed E-state index contributed by atoms with van der Waals surface area (Å²) in [6.45, 7) is 2.55. The van der Waals surface area contributed by atoms with Crippen LogP contribution in [0.25, 0.3) is 11.0 Å². The van der Waals surface area contributed by atoms with Crippen molar-refractivity contribution in [3.63, 3.8) is 0 Å². The number of nitrogens with one attached hydrogen (secondary N) is 2. The number of nitrogens with zero attached hydrogens (tertiary/aromatic N) is 3. The summed E-state index contributed by atoms with van der Waals surface area (Å²) in [5, 5.41) is 4.35. The lowest BCUT2D eigenvalue weighted by atomic mass is 10.0. The van der Waals surface area contributed by atoms with E-state index in [-0.39, 0.29) is 12.7 Å². The number of fused-ring (bicyclic) bond motifs is 2. The molecule has 0 aliphatic carbocycles. The van der Waals surface area contributed by atoms with Crippen LogP contribution in [-0.2, 0) is 11.2 Å². The molecule has 162 valence electrons. The average molecular weight is 423 g/mol. The number of rotatable bonds is 8. The summed E-state index contributed by atoms with van der Waals surface area (Å²) in [6, 6.07) is 9.66. The van der Waals surface area contributed by atoms with E-state index in [1.807, 2.05) is 37.3 Å². The maximum Gasteiger partial charge on any atom is 0.231 e. The molecule has 0 bridgehead atoms. The Labute approximate surface area is 180 Å². The Bertz CT molecular complexity index is 1090. The summed E-state index contributed by atoms with van der Waals surface area (Å²) < 4.78 is 16.8. The van der Waals surface area contributed by atoms with Crippen molar-refractivity contribution in [2.75, 3.05) is 32.9 Å². The lowest BCUT2D eigenvalue weighted by Gasteiger charge is -2.18. The number of hydrazone groups is 1. The van der Waals surface area contributed by atoms with Gasteiger partial charge in [0.15, 0.2) is 11.5 Å². The second-order valence-electron chi connectivity index (χ2n) is 7.11. The van der Waals surface area contributed by atoms with Crippen LogP contribution >= 0.6 is 0 Å². The predicted octanol–water partition coefficient (Wildman–Crippen LogP) is 3.16. The Morgan fingerprint density at radius 1 is 1.39 bits per heavy atom. The van der Waals surface area contributed by atoms with Crippen molar-refractivity contribution >= 4 is 29.1 Å². The molecule has 0 radical (unpaired) electrons. The Kier molecular flexibility index (Phi) is 5.92. The topological polar surface area (TPSA) is 101 Å². The van der Waals surface area contributed by atoms with E-state index in [0.29, 0.717) is 42.6 Å². The fraction of sp³-hybridized carbons (Fsp3) is 0.318. The van der Waals surface area contributed by atoms with Crippen molar-refractivity contribution in [3.8, 4) is 17.2 Å². The number of carbonyl (C=O) groups excluding carboxylic acids is 1. The number of benzene rings is 2. The Morgan fingerprint density at radius 3 is 3.00 bits per heavy atom. The molecule has 3 aromatic rings. The number of methoxy groups -OCH3 is 1. The second kappa shape index (κ2) is 8.95. The summed E-state index contributed by atoms with van der Waals surface area (Å²) in [6.07, 6.45) is 2.75. The molecule has 0 saturated carbocycles. The van der Waals surface area contributed by atoms with E-state index in [0.717, 1.165) is 22.2 Å². The summed E-state index contributed by atoms with van der Waals surface area (Å²) in [5.74, 6) is 2.35. The van der Waals surface area contributed by atoms with Crippen LogP contribution in [0, 0.1) is 0 Å². The molecule has 0 saturated heterocycles. The zero-order valence-electron chi connectivity index (χ0n) is 17.8. The van der Waals surface area contributed by atoms with Gasteiger partial charge in [0.05, 0.1) is 24.4 Å². The smallest absolute Gasteiger partial charge is 0.231 e. The van der Waals surface area contributed by atoms with Gasteiger partial charge in [0.25, 0.3) is 0 Å². The zero-order valence-corrected chi connectivity index (χ0v) is 17.8. The van der Waals surface area contributed by atoms with Crippen LogP contribution in [0.3, 0.4) is 0 Å². The number of hydrogen-bond donors (Lipinski definition) is 2. The first kappa shape index (κ1) is 20.5. The average Bonchev–Trinajstić information content (AvgIpc) is 3.42. The van der Waals surface area contributed by atoms with Crippen LogP contribution in [0.5, 0.6) is 17.2 Å². The van der Waals surface area contributed by atoms with Gasteiger partial charge >= 0.3 is 0 Å². The molecule has 1 aromatic heterocycles. The standard InChI is InChI=1S/C22H25N5O4/c1-4-19(28)27(2)10-9-14-11-18-21(31-13-30-18)20(29-3)15(14)12-23-26-22-24-16-7-5-6-8-17(16)25-22/h5-8,11-12H,4,9-10,13H2,1-3H3,(H2,24,25,26). The fourth-order valence-corrected chi connectivity index (χ4v) is 3.47. The molecule has 4 rings (SSSR count). The first-order valence-corrected chi connectivity index (χ1v) is 10.1. The number of hydrogen-bond acceptors (Lipinski definition) is 7. The van der Waals surface area contributed by atoms with Gasteiger partial charge in [-0.1, -0.05) is 19.1 Å². The molecule has 0 spiro atoms. The van der Waals surface area contributed by atoms with Gasteiger partial charge in [0.2, 0.25) is 24.4 Å². The number of aromatic nitrogens is 2. The third-order valence-electron chi connectivity index (χ3n) is 5.15. The minimum absolute atomic E-state index is 0.0921. The highest BCUT2D eigenvalue weighted by Crippen LogP contribution is 2.44. The minimum Gasteiger partial charge on any atom is -0.492 e. The number of imidazole rings is 1. The number of ether oxygens (including phenoxy) is 3. The summed E-state index contributed by atoms with van der Waals surface area (Å²) >= 11 is 0. The Morgan fingerprint density at radius 2 is 2.23 bits per heavy atom. The van der Waals surface area contributed by atoms with E-state index < -0.39 is 0 Å². The molecule has 1 amide bonds. The lowest BCUT2D eigenvalue weighted by molar-refractivity contribution is -0.129. The van der Waals surface area contributed by atoms with E-state index in [1.54, 1.807) is 25.3 Å². The molecule has 0 fully saturated rings. The lowest BCUT2D eigenvalue weighted by Crippen LogP contribution is -2.28. The van der Waals surface area contributed by atoms with Crippen molar-refractivity contribution < 1.29 is 19.0 Å². The van der Waals surface area contributed by atoms with Gasteiger partial charge in [-0.05, 0) is 30.2 Å². The number of amides is 1. The second-order valence-corrected chi connectivity index (χ2v) is 7.11. The van der Waals surface area contributed by atoms with Crippen LogP contribution in [0.15, 0.2) is 35.4 Å². The number of anilines is 1. The maximum atomic E-state index is 11.9. The number of para-hydroxylation sites is 2.